The fourth-order valence-corrected chi connectivity index (χ4v) is 1.97. The highest BCUT2D eigenvalue weighted by atomic mass is 32.2. The van der Waals surface area contributed by atoms with Crippen LogP contribution in [0.15, 0.2) is 22.1 Å². The van der Waals surface area contributed by atoms with Gasteiger partial charge in [0.05, 0.1) is 0 Å². The number of nitrogens with one attached hydrogen (secondary N) is 2. The number of rotatable bonds is 2. The van der Waals surface area contributed by atoms with Crippen LogP contribution in [0.5, 0.6) is 0 Å². The molecule has 2 heterocycles. The van der Waals surface area contributed by atoms with Crippen LogP contribution in [0.4, 0.5) is 0 Å². The first kappa shape index (κ1) is 15.3. The first-order chi connectivity index (χ1) is 9.17. The first-order valence-corrected chi connectivity index (χ1v) is 7.37. The van der Waals surface area contributed by atoms with Crippen LogP contribution in [0.3, 0.4) is 0 Å². The van der Waals surface area contributed by atoms with Gasteiger partial charge in [0, 0.05) is 10.6 Å². The molecule has 102 valence electrons. The Kier molecular flexibility index (Phi) is 5.63. The summed E-state index contributed by atoms with van der Waals surface area (Å²) >= 11 is 1.41. The number of thioether (sulfide) groups is 1. The van der Waals surface area contributed by atoms with Crippen LogP contribution >= 0.6 is 11.8 Å². The third kappa shape index (κ3) is 3.17. The summed E-state index contributed by atoms with van der Waals surface area (Å²) in [5.41, 5.74) is 0.981. The van der Waals surface area contributed by atoms with E-state index in [-0.39, 0.29) is 5.56 Å². The van der Waals surface area contributed by atoms with E-state index in [4.69, 9.17) is 0 Å². The molecular formula is C14H19N3OS. The second-order valence-corrected chi connectivity index (χ2v) is 4.30. The quantitative estimate of drug-likeness (QED) is 0.649. The van der Waals surface area contributed by atoms with Crippen LogP contribution in [0.2, 0.25) is 0 Å². The molecule has 0 saturated heterocycles. The minimum atomic E-state index is -0.163. The van der Waals surface area contributed by atoms with Crippen LogP contribution in [-0.4, -0.2) is 21.2 Å². The van der Waals surface area contributed by atoms with Crippen molar-refractivity contribution in [1.29, 1.82) is 0 Å². The highest BCUT2D eigenvalue weighted by Gasteiger charge is 2.06. The molecule has 0 aromatic carbocycles. The van der Waals surface area contributed by atoms with Gasteiger partial charge >= 0.3 is 0 Å². The summed E-state index contributed by atoms with van der Waals surface area (Å²) in [4.78, 5) is 21.9. The van der Waals surface area contributed by atoms with E-state index >= 15 is 0 Å². The first-order valence-electron chi connectivity index (χ1n) is 6.15. The topological polar surface area (TPSA) is 61.5 Å². The molecule has 0 aliphatic rings. The number of hydrogen-bond donors (Lipinski definition) is 2. The van der Waals surface area contributed by atoms with E-state index in [9.17, 15) is 4.79 Å². The fourth-order valence-electron chi connectivity index (χ4n) is 1.59. The van der Waals surface area contributed by atoms with Crippen molar-refractivity contribution in [1.82, 2.24) is 15.0 Å². The van der Waals surface area contributed by atoms with Crippen molar-refractivity contribution in [2.45, 2.75) is 25.9 Å². The molecule has 0 fully saturated rings. The lowest BCUT2D eigenvalue weighted by molar-refractivity contribution is 0.974. The predicted octanol–water partition coefficient (Wildman–Crippen LogP) is 1.77. The number of aromatic amines is 2. The largest absolute Gasteiger partial charge is 0.349 e. The minimum Gasteiger partial charge on any atom is -0.349 e. The zero-order valence-corrected chi connectivity index (χ0v) is 12.5. The van der Waals surface area contributed by atoms with Crippen molar-refractivity contribution in [3.63, 3.8) is 0 Å². The van der Waals surface area contributed by atoms with Gasteiger partial charge < -0.3 is 4.98 Å². The molecule has 0 radical (unpaired) electrons. The summed E-state index contributed by atoms with van der Waals surface area (Å²) in [5, 5.41) is 2.17. The maximum Gasteiger partial charge on any atom is 0.275 e. The highest BCUT2D eigenvalue weighted by Crippen LogP contribution is 2.06. The lowest BCUT2D eigenvalue weighted by atomic mass is 10.3. The molecule has 19 heavy (non-hydrogen) atoms. The number of fused-ring (bicyclic) bond motifs is 1. The predicted molar refractivity (Wildman–Crippen MR) is 83.9 cm³/mol. The number of H-pyrrole nitrogens is 2. The lowest BCUT2D eigenvalue weighted by Gasteiger charge is -1.94. The summed E-state index contributed by atoms with van der Waals surface area (Å²) in [6.45, 7) is 9.82. The fraction of sp³-hybridized carbons (Fsp3) is 0.286. The lowest BCUT2D eigenvalue weighted by Crippen LogP contribution is -2.20. The maximum atomic E-state index is 11.8. The van der Waals surface area contributed by atoms with Crippen molar-refractivity contribution < 1.29 is 0 Å². The molecule has 0 bridgehead atoms. The van der Waals surface area contributed by atoms with Gasteiger partial charge in [0.1, 0.15) is 11.0 Å². The Morgan fingerprint density at radius 1 is 1.32 bits per heavy atom. The molecule has 0 spiro atoms. The smallest absolute Gasteiger partial charge is 0.275 e. The zero-order chi connectivity index (χ0) is 14.4. The zero-order valence-electron chi connectivity index (χ0n) is 11.7. The third-order valence-corrected chi connectivity index (χ3v) is 2.98. The molecule has 2 aromatic rings. The normalized spacial score (nSPS) is 11.9. The van der Waals surface area contributed by atoms with Crippen LogP contribution in [0.1, 0.15) is 20.8 Å². The van der Waals surface area contributed by atoms with E-state index in [1.54, 1.807) is 0 Å². The molecule has 2 N–H and O–H groups in total. The molecule has 0 aliphatic heterocycles. The van der Waals surface area contributed by atoms with Gasteiger partial charge in [-0.3, -0.25) is 9.78 Å². The van der Waals surface area contributed by atoms with Crippen molar-refractivity contribution >= 4 is 35.5 Å². The number of aromatic nitrogens is 3. The van der Waals surface area contributed by atoms with Crippen molar-refractivity contribution in [2.24, 2.45) is 0 Å². The SMILES string of the molecule is C=c1[nH]c2c(=O)[nH]c(SC)nc2/c1=C/C=C\C.CC. The maximum absolute atomic E-state index is 11.8. The molecule has 2 rings (SSSR count). The van der Waals surface area contributed by atoms with Gasteiger partial charge in [0.15, 0.2) is 5.16 Å². The monoisotopic (exact) mass is 277 g/mol. The van der Waals surface area contributed by atoms with Crippen LogP contribution in [-0.2, 0) is 0 Å². The number of allylic oxidation sites excluding steroid dienone is 2. The summed E-state index contributed by atoms with van der Waals surface area (Å²) in [5.74, 6) is 0. The van der Waals surface area contributed by atoms with Crippen LogP contribution in [0.25, 0.3) is 23.7 Å². The molecule has 2 aromatic heterocycles. The van der Waals surface area contributed by atoms with Gasteiger partial charge in [-0.2, -0.15) is 0 Å². The molecule has 0 atom stereocenters. The Hall–Kier alpha value is -1.75. The molecular weight excluding hydrogens is 258 g/mol. The second-order valence-electron chi connectivity index (χ2n) is 3.51. The van der Waals surface area contributed by atoms with E-state index in [0.717, 1.165) is 5.22 Å². The minimum absolute atomic E-state index is 0.163. The van der Waals surface area contributed by atoms with Gasteiger partial charge in [-0.1, -0.05) is 50.4 Å². The number of nitrogens with zero attached hydrogens (tertiary/aromatic N) is 1. The van der Waals surface area contributed by atoms with Gasteiger partial charge in [-0.25, -0.2) is 4.98 Å². The summed E-state index contributed by atoms with van der Waals surface area (Å²) in [6.07, 6.45) is 7.59. The van der Waals surface area contributed by atoms with Crippen molar-refractivity contribution in [2.75, 3.05) is 6.26 Å². The van der Waals surface area contributed by atoms with Crippen molar-refractivity contribution in [3.05, 3.63) is 33.1 Å². The van der Waals surface area contributed by atoms with E-state index in [1.165, 1.54) is 11.8 Å². The van der Waals surface area contributed by atoms with Crippen LogP contribution < -0.4 is 16.1 Å². The average molecular weight is 277 g/mol. The Labute approximate surface area is 116 Å². The highest BCUT2D eigenvalue weighted by molar-refractivity contribution is 7.98. The van der Waals surface area contributed by atoms with Gasteiger partial charge in [-0.05, 0) is 13.2 Å². The van der Waals surface area contributed by atoms with E-state index in [0.29, 0.717) is 21.5 Å². The Morgan fingerprint density at radius 2 is 2.00 bits per heavy atom. The average Bonchev–Trinajstić information content (AvgIpc) is 2.75. The molecule has 0 aliphatic carbocycles. The standard InChI is InChI=1S/C12H13N3OS.C2H6/c1-4-5-6-8-7(2)13-10-9(8)14-12(17-3)15-11(10)16;1-2/h4-6,13H,2H2,1,3H3,(H,14,15,16);1-2H3/b5-4-,8-6+;. The Balaban J connectivity index is 0.000000861. The van der Waals surface area contributed by atoms with Crippen LogP contribution in [0, 0.1) is 0 Å². The molecule has 0 unspecified atom stereocenters. The van der Waals surface area contributed by atoms with Crippen molar-refractivity contribution in [3.8, 4) is 0 Å². The summed E-state index contributed by atoms with van der Waals surface area (Å²) in [6, 6.07) is 0. The van der Waals surface area contributed by atoms with E-state index in [1.807, 2.05) is 45.3 Å². The molecule has 0 saturated carbocycles. The Bertz CT molecular complexity index is 740. The molecule has 5 heteroatoms. The van der Waals surface area contributed by atoms with E-state index in [2.05, 4.69) is 21.5 Å². The Morgan fingerprint density at radius 3 is 2.58 bits per heavy atom. The molecule has 0 amide bonds. The molecule has 4 nitrogen and oxygen atoms in total. The van der Waals surface area contributed by atoms with Gasteiger partial charge in [0.2, 0.25) is 0 Å². The summed E-state index contributed by atoms with van der Waals surface area (Å²) in [7, 11) is 0. The second kappa shape index (κ2) is 6.99. The summed E-state index contributed by atoms with van der Waals surface area (Å²) < 4.78 is 0. The van der Waals surface area contributed by atoms with Gasteiger partial charge in [0.25, 0.3) is 5.56 Å². The van der Waals surface area contributed by atoms with Gasteiger partial charge in [-0.15, -0.1) is 0 Å². The third-order valence-electron chi connectivity index (χ3n) is 2.40. The van der Waals surface area contributed by atoms with E-state index < -0.39 is 0 Å². The number of hydrogen-bond acceptors (Lipinski definition) is 3.